The molecule has 0 fully saturated rings. The minimum absolute atomic E-state index is 0.00907. The van der Waals surface area contributed by atoms with Crippen molar-refractivity contribution in [2.75, 3.05) is 13.2 Å². The Balaban J connectivity index is 1.51. The number of aryl methyl sites for hydroxylation is 2. The van der Waals surface area contributed by atoms with Gasteiger partial charge in [0.05, 0.1) is 18.4 Å². The summed E-state index contributed by atoms with van der Waals surface area (Å²) in [4.78, 5) is 15.4. The van der Waals surface area contributed by atoms with Gasteiger partial charge in [-0.1, -0.05) is 36.4 Å². The molecule has 0 aliphatic carbocycles. The molecule has 35 heavy (non-hydrogen) atoms. The van der Waals surface area contributed by atoms with Gasteiger partial charge >= 0.3 is 0 Å². The van der Waals surface area contributed by atoms with Crippen LogP contribution < -0.4 is 4.74 Å². The lowest BCUT2D eigenvalue weighted by Crippen LogP contribution is -2.31. The number of hydrogen-bond acceptors (Lipinski definition) is 4. The van der Waals surface area contributed by atoms with Crippen molar-refractivity contribution in [1.29, 1.82) is 0 Å². The molecule has 1 amide bonds. The van der Waals surface area contributed by atoms with Gasteiger partial charge < -0.3 is 14.7 Å². The Morgan fingerprint density at radius 2 is 1.94 bits per heavy atom. The number of carbonyl (C=O) groups is 1. The number of carbonyl (C=O) groups excluding carboxylic acids is 1. The first kappa shape index (κ1) is 24.9. The van der Waals surface area contributed by atoms with Crippen LogP contribution in [0.2, 0.25) is 0 Å². The Morgan fingerprint density at radius 3 is 2.60 bits per heavy atom. The topological polar surface area (TPSA) is 67.6 Å². The molecule has 1 aromatic heterocycles. The van der Waals surface area contributed by atoms with E-state index in [9.17, 15) is 18.7 Å². The number of aliphatic hydroxyl groups is 1. The molecular weight excluding hydrogens is 452 g/mol. The number of ether oxygens (including phenoxy) is 1. The highest BCUT2D eigenvalue weighted by atomic mass is 19.3. The van der Waals surface area contributed by atoms with Crippen LogP contribution in [-0.4, -0.2) is 50.9 Å². The van der Waals surface area contributed by atoms with Gasteiger partial charge in [0.2, 0.25) is 5.92 Å². The third-order valence-electron chi connectivity index (χ3n) is 6.26. The van der Waals surface area contributed by atoms with Gasteiger partial charge in [-0.2, -0.15) is 5.10 Å². The second-order valence-electron chi connectivity index (χ2n) is 9.25. The number of hydrogen-bond donors (Lipinski definition) is 1. The summed E-state index contributed by atoms with van der Waals surface area (Å²) in [6.45, 7) is 1.50. The lowest BCUT2D eigenvalue weighted by molar-refractivity contribution is -0.00513. The summed E-state index contributed by atoms with van der Waals surface area (Å²) in [5.41, 5.74) is 4.42. The lowest BCUT2D eigenvalue weighted by atomic mass is 10.0. The molecule has 1 aliphatic rings. The highest BCUT2D eigenvalue weighted by Crippen LogP contribution is 2.31. The summed E-state index contributed by atoms with van der Waals surface area (Å²) >= 11 is 0. The van der Waals surface area contributed by atoms with Gasteiger partial charge in [0.25, 0.3) is 5.91 Å². The van der Waals surface area contributed by atoms with Crippen molar-refractivity contribution in [3.8, 4) is 16.9 Å². The van der Waals surface area contributed by atoms with Gasteiger partial charge in [0.1, 0.15) is 11.9 Å². The van der Waals surface area contributed by atoms with Gasteiger partial charge in [0.15, 0.2) is 0 Å². The Morgan fingerprint density at radius 1 is 1.17 bits per heavy atom. The average molecular weight is 484 g/mol. The molecule has 2 aromatic carbocycles. The number of rotatable bonds is 9. The summed E-state index contributed by atoms with van der Waals surface area (Å²) in [5, 5.41) is 13.9. The van der Waals surface area contributed by atoms with Crippen LogP contribution in [0.25, 0.3) is 11.1 Å². The highest BCUT2D eigenvalue weighted by Gasteiger charge is 2.28. The second-order valence-corrected chi connectivity index (χ2v) is 9.25. The van der Waals surface area contributed by atoms with E-state index in [0.29, 0.717) is 30.8 Å². The molecule has 1 N–H and O–H groups in total. The van der Waals surface area contributed by atoms with Gasteiger partial charge in [-0.25, -0.2) is 8.78 Å². The minimum Gasteiger partial charge on any atom is -0.487 e. The van der Waals surface area contributed by atoms with E-state index in [1.165, 1.54) is 0 Å². The molecule has 4 rings (SSSR count). The van der Waals surface area contributed by atoms with Gasteiger partial charge in [0, 0.05) is 38.3 Å². The first-order chi connectivity index (χ1) is 16.7. The van der Waals surface area contributed by atoms with Crippen LogP contribution in [0.3, 0.4) is 0 Å². The Labute approximate surface area is 204 Å². The van der Waals surface area contributed by atoms with E-state index in [1.807, 2.05) is 49.8 Å². The largest absolute Gasteiger partial charge is 0.487 e. The number of fused-ring (bicyclic) bond motifs is 1. The number of amides is 1. The van der Waals surface area contributed by atoms with E-state index in [2.05, 4.69) is 5.10 Å². The third-order valence-corrected chi connectivity index (χ3v) is 6.26. The number of alkyl halides is 2. The first-order valence-corrected chi connectivity index (χ1v) is 11.9. The summed E-state index contributed by atoms with van der Waals surface area (Å²) in [7, 11) is 1.88. The molecule has 0 saturated carbocycles. The van der Waals surface area contributed by atoms with Crippen LogP contribution in [-0.2, 0) is 20.0 Å². The molecule has 0 unspecified atom stereocenters. The molecule has 6 nitrogen and oxygen atoms in total. The van der Waals surface area contributed by atoms with Crippen molar-refractivity contribution in [2.24, 2.45) is 7.05 Å². The maximum absolute atomic E-state index is 13.6. The second kappa shape index (κ2) is 10.6. The molecule has 0 spiro atoms. The van der Waals surface area contributed by atoms with Crippen LogP contribution in [0.4, 0.5) is 8.78 Å². The van der Waals surface area contributed by atoms with E-state index in [0.717, 1.165) is 35.6 Å². The molecular formula is C27H31F2N3O3. The highest BCUT2D eigenvalue weighted by molar-refractivity contribution is 5.98. The molecule has 8 heteroatoms. The van der Waals surface area contributed by atoms with E-state index >= 15 is 0 Å². The van der Waals surface area contributed by atoms with E-state index in [4.69, 9.17) is 4.74 Å². The Hall–Kier alpha value is -3.26. The van der Waals surface area contributed by atoms with E-state index < -0.39 is 25.1 Å². The van der Waals surface area contributed by atoms with E-state index in [1.54, 1.807) is 21.7 Å². The normalized spacial score (nSPS) is 15.0. The molecule has 1 aliphatic heterocycles. The van der Waals surface area contributed by atoms with Crippen LogP contribution in [0.15, 0.2) is 54.9 Å². The van der Waals surface area contributed by atoms with Crippen LogP contribution in [0, 0.1) is 0 Å². The maximum Gasteiger partial charge on any atom is 0.258 e. The van der Waals surface area contributed by atoms with Crippen LogP contribution >= 0.6 is 0 Å². The van der Waals surface area contributed by atoms with Crippen molar-refractivity contribution in [1.82, 2.24) is 14.7 Å². The predicted molar refractivity (Wildman–Crippen MR) is 130 cm³/mol. The molecule has 3 aromatic rings. The molecule has 2 heterocycles. The first-order valence-electron chi connectivity index (χ1n) is 11.9. The lowest BCUT2D eigenvalue weighted by Gasteiger charge is -2.24. The number of halogens is 2. The quantitative estimate of drug-likeness (QED) is 0.473. The smallest absolute Gasteiger partial charge is 0.258 e. The summed E-state index contributed by atoms with van der Waals surface area (Å²) < 4.78 is 34.3. The van der Waals surface area contributed by atoms with Crippen LogP contribution in [0.1, 0.15) is 47.7 Å². The zero-order chi connectivity index (χ0) is 25.0. The predicted octanol–water partition coefficient (Wildman–Crippen LogP) is 4.85. The Kier molecular flexibility index (Phi) is 7.50. The fraction of sp³-hybridized carbons (Fsp3) is 0.407. The zero-order valence-electron chi connectivity index (χ0n) is 20.1. The summed E-state index contributed by atoms with van der Waals surface area (Å²) in [5.74, 6) is -2.66. The number of aromatic nitrogens is 2. The van der Waals surface area contributed by atoms with Crippen molar-refractivity contribution in [2.45, 2.75) is 51.2 Å². The van der Waals surface area contributed by atoms with E-state index in [-0.39, 0.29) is 12.3 Å². The van der Waals surface area contributed by atoms with Crippen LogP contribution in [0.5, 0.6) is 5.75 Å². The monoisotopic (exact) mass is 483 g/mol. The fourth-order valence-corrected chi connectivity index (χ4v) is 4.37. The van der Waals surface area contributed by atoms with Crippen molar-refractivity contribution >= 4 is 5.91 Å². The molecule has 0 radical (unpaired) electrons. The number of benzene rings is 2. The molecule has 186 valence electrons. The average Bonchev–Trinajstić information content (AvgIpc) is 3.19. The summed E-state index contributed by atoms with van der Waals surface area (Å²) in [6.07, 6.45) is 4.07. The minimum atomic E-state index is -2.84. The van der Waals surface area contributed by atoms with Gasteiger partial charge in [-0.3, -0.25) is 9.48 Å². The van der Waals surface area contributed by atoms with Crippen molar-refractivity contribution < 1.29 is 23.4 Å². The number of nitrogens with zero attached hydrogens (tertiary/aromatic N) is 3. The SMILES string of the molecule is Cn1cc(-c2ccc(CN3CCCc4cccc(O[C@H](CO)CCC(C)(F)F)c4C3=O)cc2)cn1. The number of aliphatic hydroxyl groups excluding tert-OH is 1. The molecule has 1 atom stereocenters. The van der Waals surface area contributed by atoms with Crippen molar-refractivity contribution in [3.05, 3.63) is 71.5 Å². The fourth-order valence-electron chi connectivity index (χ4n) is 4.37. The van der Waals surface area contributed by atoms with Gasteiger partial charge in [-0.15, -0.1) is 0 Å². The maximum atomic E-state index is 13.6. The third kappa shape index (κ3) is 6.25. The molecule has 0 bridgehead atoms. The van der Waals surface area contributed by atoms with Gasteiger partial charge in [-0.05, 0) is 48.9 Å². The standard InChI is InChI=1S/C27H31F2N3O3/c1-27(28,29)13-12-23(18-33)35-24-7-3-5-21-6-4-14-32(26(34)25(21)24)16-19-8-10-20(11-9-19)22-15-30-31(2)17-22/h3,5,7-11,15,17,23,33H,4,6,12-14,16,18H2,1-2H3/t23-/m0/s1. The Bertz CT molecular complexity index is 1160. The zero-order valence-corrected chi connectivity index (χ0v) is 20.1. The van der Waals surface area contributed by atoms with Crippen molar-refractivity contribution in [3.63, 3.8) is 0 Å². The summed E-state index contributed by atoms with van der Waals surface area (Å²) in [6, 6.07) is 13.4. The molecule has 0 saturated heterocycles.